The van der Waals surface area contributed by atoms with E-state index in [-0.39, 0.29) is 36.4 Å². The molecular formula is C45H48FN5O4. The molecule has 9 nitrogen and oxygen atoms in total. The van der Waals surface area contributed by atoms with Gasteiger partial charge in [0.05, 0.1) is 30.3 Å². The molecule has 1 unspecified atom stereocenters. The van der Waals surface area contributed by atoms with Gasteiger partial charge in [0.15, 0.2) is 5.78 Å². The van der Waals surface area contributed by atoms with Crippen LogP contribution >= 0.6 is 0 Å². The van der Waals surface area contributed by atoms with E-state index in [0.29, 0.717) is 68.2 Å². The van der Waals surface area contributed by atoms with Gasteiger partial charge in [-0.3, -0.25) is 19.3 Å². The number of phenolic OH excluding ortho intramolecular Hbond substituents is 1. The standard InChI is InChI=1S/C45H48FN5O4/c46-45(29-48-22-24-50(25-23-48)42-17-15-38-39(47-42)28-51(44(38)55)40-16-12-35(53)27-41(40)54)18-20-49(21-19-45)33-9-6-31(7-10-33)43-36(30-4-2-1-3-5-30)13-8-32-26-34(52)11-14-37(32)43/h1-7,9-11,14-15,17,26,36,40,43,52H,8,12-13,16,18-25,27-29H2/t36-,40?,43+/m1/s1. The van der Waals surface area contributed by atoms with Crippen LogP contribution in [0.5, 0.6) is 5.75 Å². The topological polar surface area (TPSA) is 97.3 Å². The number of aromatic hydroxyl groups is 1. The van der Waals surface area contributed by atoms with Crippen LogP contribution in [0.3, 0.4) is 0 Å². The zero-order chi connectivity index (χ0) is 37.7. The Kier molecular flexibility index (Phi) is 9.40. The molecule has 3 aromatic carbocycles. The van der Waals surface area contributed by atoms with Gasteiger partial charge in [0.2, 0.25) is 0 Å². The monoisotopic (exact) mass is 741 g/mol. The number of benzene rings is 3. The highest BCUT2D eigenvalue weighted by atomic mass is 19.1. The molecule has 2 saturated heterocycles. The number of carbonyl (C=O) groups is 3. The molecule has 2 aliphatic carbocycles. The molecule has 284 valence electrons. The summed E-state index contributed by atoms with van der Waals surface area (Å²) in [7, 11) is 0. The third kappa shape index (κ3) is 7.01. The molecule has 5 aliphatic rings. The Balaban J connectivity index is 0.796. The number of Topliss-reactive ketones (excluding diaryl/α,β-unsaturated/α-hetero) is 2. The first-order valence-electron chi connectivity index (χ1n) is 19.9. The number of amides is 1. The molecule has 4 heterocycles. The van der Waals surface area contributed by atoms with Crippen molar-refractivity contribution in [2.75, 3.05) is 55.6 Å². The van der Waals surface area contributed by atoms with Gasteiger partial charge < -0.3 is 19.8 Å². The summed E-state index contributed by atoms with van der Waals surface area (Å²) in [6, 6.07) is 28.6. The highest BCUT2D eigenvalue weighted by Crippen LogP contribution is 2.47. The summed E-state index contributed by atoms with van der Waals surface area (Å²) < 4.78 is 16.4. The minimum absolute atomic E-state index is 0.0567. The SMILES string of the molecule is O=C1CCC(N2Cc3nc(N4CCN(CC5(F)CCN(c6ccc([C@@H]7c8ccc(O)cc8CC[C@@H]7c7ccccc7)cc6)CC5)CC4)ccc3C2=O)C(=O)C1. The van der Waals surface area contributed by atoms with Crippen LogP contribution in [0.25, 0.3) is 0 Å². The summed E-state index contributed by atoms with van der Waals surface area (Å²) >= 11 is 0. The summed E-state index contributed by atoms with van der Waals surface area (Å²) in [4.78, 5) is 50.6. The lowest BCUT2D eigenvalue weighted by Crippen LogP contribution is -2.53. The van der Waals surface area contributed by atoms with Crippen LogP contribution in [0.2, 0.25) is 0 Å². The van der Waals surface area contributed by atoms with Gasteiger partial charge >= 0.3 is 0 Å². The van der Waals surface area contributed by atoms with Crippen LogP contribution in [0, 0.1) is 0 Å². The summed E-state index contributed by atoms with van der Waals surface area (Å²) in [5, 5.41) is 10.2. The number of anilines is 2. The Hall–Kier alpha value is -5.09. The first-order chi connectivity index (χ1) is 26.7. The van der Waals surface area contributed by atoms with Gasteiger partial charge in [-0.05, 0) is 83.8 Å². The minimum Gasteiger partial charge on any atom is -0.508 e. The number of hydrogen-bond donors (Lipinski definition) is 1. The van der Waals surface area contributed by atoms with E-state index in [9.17, 15) is 19.5 Å². The van der Waals surface area contributed by atoms with Crippen molar-refractivity contribution in [3.8, 4) is 5.75 Å². The van der Waals surface area contributed by atoms with E-state index in [1.807, 2.05) is 24.3 Å². The fraction of sp³-hybridized carbons (Fsp3) is 0.422. The van der Waals surface area contributed by atoms with Gasteiger partial charge in [-0.25, -0.2) is 9.37 Å². The first kappa shape index (κ1) is 35.6. The summed E-state index contributed by atoms with van der Waals surface area (Å²) in [6.45, 7) is 4.96. The van der Waals surface area contributed by atoms with Crippen molar-refractivity contribution in [2.24, 2.45) is 0 Å². The van der Waals surface area contributed by atoms with Crippen LogP contribution in [0.4, 0.5) is 15.9 Å². The largest absolute Gasteiger partial charge is 0.508 e. The maximum absolute atomic E-state index is 16.4. The number of ketones is 2. The van der Waals surface area contributed by atoms with Crippen molar-refractivity contribution in [3.63, 3.8) is 0 Å². The summed E-state index contributed by atoms with van der Waals surface area (Å²) in [6.07, 6.45) is 3.55. The maximum atomic E-state index is 16.4. The number of halogens is 1. The lowest BCUT2D eigenvalue weighted by molar-refractivity contribution is -0.133. The smallest absolute Gasteiger partial charge is 0.256 e. The molecule has 3 aliphatic heterocycles. The van der Waals surface area contributed by atoms with E-state index in [2.05, 4.69) is 75.4 Å². The van der Waals surface area contributed by atoms with E-state index < -0.39 is 11.7 Å². The minimum atomic E-state index is -1.24. The molecule has 9 rings (SSSR count). The average molecular weight is 742 g/mol. The number of carbonyl (C=O) groups excluding carboxylic acids is 3. The normalized spacial score (nSPS) is 24.2. The van der Waals surface area contributed by atoms with Gasteiger partial charge in [-0.15, -0.1) is 0 Å². The highest BCUT2D eigenvalue weighted by molar-refractivity contribution is 6.07. The number of piperazine rings is 1. The van der Waals surface area contributed by atoms with E-state index in [0.717, 1.165) is 50.5 Å². The van der Waals surface area contributed by atoms with Crippen LogP contribution in [-0.4, -0.2) is 94.9 Å². The van der Waals surface area contributed by atoms with Gasteiger partial charge in [0.25, 0.3) is 5.91 Å². The molecular weight excluding hydrogens is 694 g/mol. The number of hydrogen-bond acceptors (Lipinski definition) is 8. The van der Waals surface area contributed by atoms with Crippen LogP contribution in [0.15, 0.2) is 84.9 Å². The Morgan fingerprint density at radius 2 is 1.55 bits per heavy atom. The predicted molar refractivity (Wildman–Crippen MR) is 210 cm³/mol. The van der Waals surface area contributed by atoms with Gasteiger partial charge in [0.1, 0.15) is 23.0 Å². The number of rotatable bonds is 7. The molecule has 1 N–H and O–H groups in total. The molecule has 55 heavy (non-hydrogen) atoms. The number of nitrogens with zero attached hydrogens (tertiary/aromatic N) is 5. The summed E-state index contributed by atoms with van der Waals surface area (Å²) in [5.41, 5.74) is 6.20. The number of piperidine rings is 1. The summed E-state index contributed by atoms with van der Waals surface area (Å²) in [5.74, 6) is 1.24. The van der Waals surface area contributed by atoms with Crippen LogP contribution in [-0.2, 0) is 22.6 Å². The van der Waals surface area contributed by atoms with Crippen molar-refractivity contribution in [2.45, 2.75) is 75.0 Å². The van der Waals surface area contributed by atoms with E-state index >= 15 is 4.39 Å². The van der Waals surface area contributed by atoms with Crippen molar-refractivity contribution in [1.82, 2.24) is 14.8 Å². The number of alkyl halides is 1. The van der Waals surface area contributed by atoms with Crippen LogP contribution < -0.4 is 9.80 Å². The Morgan fingerprint density at radius 1 is 0.782 bits per heavy atom. The van der Waals surface area contributed by atoms with Gasteiger partial charge in [0, 0.05) is 76.7 Å². The number of phenols is 1. The fourth-order valence-corrected chi connectivity index (χ4v) is 9.84. The Bertz CT molecular complexity index is 2090. The Labute approximate surface area is 321 Å². The molecule has 0 bridgehead atoms. The number of pyridine rings is 1. The number of fused-ring (bicyclic) bond motifs is 2. The quantitative estimate of drug-likeness (QED) is 0.217. The van der Waals surface area contributed by atoms with Crippen molar-refractivity contribution < 1.29 is 23.9 Å². The first-order valence-corrected chi connectivity index (χ1v) is 19.9. The van der Waals surface area contributed by atoms with Crippen molar-refractivity contribution >= 4 is 29.0 Å². The zero-order valence-corrected chi connectivity index (χ0v) is 31.2. The Morgan fingerprint density at radius 3 is 2.29 bits per heavy atom. The lowest BCUT2D eigenvalue weighted by Gasteiger charge is -2.42. The van der Waals surface area contributed by atoms with E-state index in [4.69, 9.17) is 4.98 Å². The second-order valence-electron chi connectivity index (χ2n) is 16.2. The number of aryl methyl sites for hydroxylation is 1. The van der Waals surface area contributed by atoms with E-state index in [1.165, 1.54) is 22.3 Å². The molecule has 0 radical (unpaired) electrons. The van der Waals surface area contributed by atoms with E-state index in [1.54, 1.807) is 4.90 Å². The lowest BCUT2D eigenvalue weighted by atomic mass is 9.69. The second-order valence-corrected chi connectivity index (χ2v) is 16.2. The molecule has 1 amide bonds. The van der Waals surface area contributed by atoms with Gasteiger partial charge in [-0.2, -0.15) is 0 Å². The number of aromatic nitrogens is 1. The molecule has 4 aromatic rings. The molecule has 10 heteroatoms. The predicted octanol–water partition coefficient (Wildman–Crippen LogP) is 6.43. The molecule has 3 fully saturated rings. The molecule has 1 saturated carbocycles. The van der Waals surface area contributed by atoms with Gasteiger partial charge in [-0.1, -0.05) is 48.5 Å². The molecule has 0 spiro atoms. The van der Waals surface area contributed by atoms with Crippen LogP contribution in [0.1, 0.15) is 88.7 Å². The third-order valence-electron chi connectivity index (χ3n) is 12.9. The maximum Gasteiger partial charge on any atom is 0.256 e. The zero-order valence-electron chi connectivity index (χ0n) is 31.2. The average Bonchev–Trinajstić information content (AvgIpc) is 3.53. The molecule has 3 atom stereocenters. The molecule has 1 aromatic heterocycles. The third-order valence-corrected chi connectivity index (χ3v) is 12.9. The second kappa shape index (κ2) is 14.5. The van der Waals surface area contributed by atoms with Crippen molar-refractivity contribution in [3.05, 3.63) is 118 Å². The highest BCUT2D eigenvalue weighted by Gasteiger charge is 2.41. The fourth-order valence-electron chi connectivity index (χ4n) is 9.84. The van der Waals surface area contributed by atoms with Crippen molar-refractivity contribution in [1.29, 1.82) is 0 Å².